The Hall–Kier alpha value is -4.29. The minimum Gasteiger partial charge on any atom is -0.361 e. The fraction of sp³-hybridized carbons (Fsp3) is 0.200. The maximum absolute atomic E-state index is 12.8. The molecule has 0 aliphatic heterocycles. The molecule has 0 saturated heterocycles. The lowest BCUT2D eigenvalue weighted by atomic mass is 10.2. The van der Waals surface area contributed by atoms with E-state index < -0.39 is 17.8 Å². The largest absolute Gasteiger partial charge is 0.416 e. The van der Waals surface area contributed by atoms with Gasteiger partial charge in [0.05, 0.1) is 22.4 Å². The van der Waals surface area contributed by atoms with E-state index in [-0.39, 0.29) is 18.1 Å². The monoisotopic (exact) mass is 460 g/mol. The fourth-order valence-electron chi connectivity index (χ4n) is 3.01. The van der Waals surface area contributed by atoms with Crippen LogP contribution in [0.1, 0.15) is 22.6 Å². The summed E-state index contributed by atoms with van der Waals surface area (Å²) in [6, 6.07) is 3.48. The van der Waals surface area contributed by atoms with Crippen LogP contribution in [0.5, 0.6) is 0 Å². The molecule has 0 fully saturated rings. The van der Waals surface area contributed by atoms with Gasteiger partial charge in [0.1, 0.15) is 5.76 Å². The summed E-state index contributed by atoms with van der Waals surface area (Å²) >= 11 is 0. The SMILES string of the molecule is Cc1noc(C)c1-c1ncc(C[n+]2cc(NC(=O)Nc3cccc(C(F)(F)F)c3)on2)cn1. The topological polar surface area (TPSA) is 123 Å². The van der Waals surface area contributed by atoms with E-state index in [1.165, 1.54) is 23.0 Å². The summed E-state index contributed by atoms with van der Waals surface area (Å²) in [5.74, 6) is 1.09. The smallest absolute Gasteiger partial charge is 0.361 e. The molecule has 10 nitrogen and oxygen atoms in total. The average Bonchev–Trinajstić information content (AvgIpc) is 3.33. The second kappa shape index (κ2) is 8.68. The van der Waals surface area contributed by atoms with Crippen molar-refractivity contribution in [2.45, 2.75) is 26.6 Å². The van der Waals surface area contributed by atoms with Gasteiger partial charge < -0.3 is 9.84 Å². The number of amides is 2. The molecule has 0 radical (unpaired) electrons. The molecule has 0 aliphatic carbocycles. The van der Waals surface area contributed by atoms with Crippen molar-refractivity contribution in [3.63, 3.8) is 0 Å². The maximum Gasteiger partial charge on any atom is 0.416 e. The lowest BCUT2D eigenvalue weighted by Crippen LogP contribution is -2.35. The summed E-state index contributed by atoms with van der Waals surface area (Å²) in [4.78, 5) is 20.7. The highest BCUT2D eigenvalue weighted by atomic mass is 19.4. The zero-order valence-corrected chi connectivity index (χ0v) is 17.3. The van der Waals surface area contributed by atoms with Crippen LogP contribution in [0.3, 0.4) is 0 Å². The van der Waals surface area contributed by atoms with E-state index in [1.807, 2.05) is 0 Å². The first kappa shape index (κ1) is 21.9. The third-order valence-corrected chi connectivity index (χ3v) is 4.50. The van der Waals surface area contributed by atoms with E-state index in [2.05, 4.69) is 31.0 Å². The van der Waals surface area contributed by atoms with E-state index in [1.54, 1.807) is 26.2 Å². The molecule has 2 amide bonds. The highest BCUT2D eigenvalue weighted by Gasteiger charge is 2.30. The van der Waals surface area contributed by atoms with Gasteiger partial charge in [0.25, 0.3) is 6.20 Å². The Kier molecular flexibility index (Phi) is 5.77. The van der Waals surface area contributed by atoms with Gasteiger partial charge in [0.15, 0.2) is 5.82 Å². The number of anilines is 2. The first-order chi connectivity index (χ1) is 15.7. The Labute approximate surface area is 184 Å². The summed E-state index contributed by atoms with van der Waals surface area (Å²) in [5, 5.41) is 12.3. The van der Waals surface area contributed by atoms with Crippen molar-refractivity contribution in [2.24, 2.45) is 0 Å². The number of benzene rings is 1. The van der Waals surface area contributed by atoms with Crippen LogP contribution in [0, 0.1) is 13.8 Å². The Morgan fingerprint density at radius 3 is 2.55 bits per heavy atom. The predicted molar refractivity (Wildman–Crippen MR) is 107 cm³/mol. The number of nitrogens with zero attached hydrogens (tertiary/aromatic N) is 5. The van der Waals surface area contributed by atoms with Crippen LogP contribution >= 0.6 is 0 Å². The molecule has 13 heteroatoms. The van der Waals surface area contributed by atoms with Crippen LogP contribution in [0.25, 0.3) is 11.4 Å². The highest BCUT2D eigenvalue weighted by Crippen LogP contribution is 2.30. The van der Waals surface area contributed by atoms with Gasteiger partial charge in [-0.05, 0) is 36.7 Å². The van der Waals surface area contributed by atoms with Crippen molar-refractivity contribution < 1.29 is 31.7 Å². The van der Waals surface area contributed by atoms with Crippen molar-refractivity contribution in [1.82, 2.24) is 20.4 Å². The molecule has 0 unspecified atom stereocenters. The van der Waals surface area contributed by atoms with Gasteiger partial charge in [-0.2, -0.15) is 13.2 Å². The van der Waals surface area contributed by atoms with Crippen LogP contribution in [-0.2, 0) is 12.7 Å². The zero-order chi connectivity index (χ0) is 23.6. The molecule has 1 aromatic carbocycles. The van der Waals surface area contributed by atoms with E-state index in [0.29, 0.717) is 22.8 Å². The molecular weight excluding hydrogens is 443 g/mol. The van der Waals surface area contributed by atoms with Crippen molar-refractivity contribution in [3.05, 3.63) is 65.4 Å². The number of aryl methyl sites for hydroxylation is 2. The number of hydrogen-bond acceptors (Lipinski definition) is 7. The van der Waals surface area contributed by atoms with Gasteiger partial charge in [0.2, 0.25) is 11.8 Å². The Morgan fingerprint density at radius 2 is 1.88 bits per heavy atom. The van der Waals surface area contributed by atoms with E-state index >= 15 is 0 Å². The molecule has 3 heterocycles. The molecule has 0 bridgehead atoms. The van der Waals surface area contributed by atoms with Gasteiger partial charge >= 0.3 is 18.1 Å². The molecule has 3 aromatic heterocycles. The lowest BCUT2D eigenvalue weighted by molar-refractivity contribution is -0.754. The first-order valence-corrected chi connectivity index (χ1v) is 9.55. The second-order valence-corrected chi connectivity index (χ2v) is 7.04. The number of rotatable bonds is 5. The molecule has 33 heavy (non-hydrogen) atoms. The van der Waals surface area contributed by atoms with Gasteiger partial charge in [0, 0.05) is 18.1 Å². The second-order valence-electron chi connectivity index (χ2n) is 7.04. The molecule has 0 spiro atoms. The van der Waals surface area contributed by atoms with Crippen molar-refractivity contribution >= 4 is 17.6 Å². The highest BCUT2D eigenvalue weighted by molar-refractivity contribution is 5.98. The van der Waals surface area contributed by atoms with Crippen LogP contribution in [0.2, 0.25) is 0 Å². The van der Waals surface area contributed by atoms with Crippen molar-refractivity contribution in [2.75, 3.05) is 10.6 Å². The zero-order valence-electron chi connectivity index (χ0n) is 17.3. The van der Waals surface area contributed by atoms with Crippen LogP contribution in [-0.4, -0.2) is 26.4 Å². The molecular formula is C20H17F3N7O3+. The van der Waals surface area contributed by atoms with E-state index in [9.17, 15) is 18.0 Å². The molecule has 0 aliphatic rings. The molecule has 0 saturated carbocycles. The number of carbonyl (C=O) groups is 1. The van der Waals surface area contributed by atoms with Gasteiger partial charge in [-0.3, -0.25) is 9.84 Å². The van der Waals surface area contributed by atoms with Crippen molar-refractivity contribution in [1.29, 1.82) is 0 Å². The van der Waals surface area contributed by atoms with E-state index in [0.717, 1.165) is 17.7 Å². The summed E-state index contributed by atoms with van der Waals surface area (Å²) < 4.78 is 49.9. The summed E-state index contributed by atoms with van der Waals surface area (Å²) in [6.07, 6.45) is 0.125. The molecule has 0 atom stereocenters. The number of alkyl halides is 3. The maximum atomic E-state index is 12.8. The van der Waals surface area contributed by atoms with Gasteiger partial charge in [-0.1, -0.05) is 11.2 Å². The lowest BCUT2D eigenvalue weighted by Gasteiger charge is -2.09. The van der Waals surface area contributed by atoms with Gasteiger partial charge in [-0.15, -0.1) is 0 Å². The number of urea groups is 1. The van der Waals surface area contributed by atoms with Crippen LogP contribution in [0.4, 0.5) is 29.5 Å². The standard InChI is InChI=1S/C20H16F3N7O3/c1-11-17(12(2)32-28-11)18-24-7-13(8-25-18)9-30-10-16(33-29-30)27-19(31)26-15-5-3-4-14(6-15)20(21,22)23/h3-8,10H,9H2,1-2H3,(H-,26,27,29,31)/p+1. The summed E-state index contributed by atoms with van der Waals surface area (Å²) in [7, 11) is 0. The third-order valence-electron chi connectivity index (χ3n) is 4.50. The summed E-state index contributed by atoms with van der Waals surface area (Å²) in [5.41, 5.74) is 1.23. The van der Waals surface area contributed by atoms with Crippen LogP contribution < -0.4 is 15.3 Å². The number of halogens is 3. The van der Waals surface area contributed by atoms with Crippen molar-refractivity contribution in [3.8, 4) is 11.4 Å². The number of aromatic nitrogens is 5. The molecule has 170 valence electrons. The Bertz CT molecular complexity index is 1260. The average molecular weight is 460 g/mol. The molecule has 2 N–H and O–H groups in total. The third kappa shape index (κ3) is 5.14. The normalized spacial score (nSPS) is 11.4. The number of carbonyl (C=O) groups excluding carboxylic acids is 1. The predicted octanol–water partition coefficient (Wildman–Crippen LogP) is 3.74. The molecule has 4 aromatic rings. The summed E-state index contributed by atoms with van der Waals surface area (Å²) in [6.45, 7) is 3.82. The quantitative estimate of drug-likeness (QED) is 0.435. The Balaban J connectivity index is 1.37. The van der Waals surface area contributed by atoms with E-state index in [4.69, 9.17) is 9.05 Å². The minimum absolute atomic E-state index is 0.00673. The fourth-order valence-corrected chi connectivity index (χ4v) is 3.01. The number of nitrogens with one attached hydrogen (secondary N) is 2. The first-order valence-electron chi connectivity index (χ1n) is 9.55. The minimum atomic E-state index is -4.51. The van der Waals surface area contributed by atoms with Gasteiger partial charge in [-0.25, -0.2) is 14.8 Å². The van der Waals surface area contributed by atoms with Crippen LogP contribution in [0.15, 0.2) is 51.9 Å². The Morgan fingerprint density at radius 1 is 1.12 bits per heavy atom. The number of hydrogen-bond donors (Lipinski definition) is 2. The molecule has 4 rings (SSSR count).